The highest BCUT2D eigenvalue weighted by Crippen LogP contribution is 2.33. The minimum Gasteiger partial charge on any atom is -0.490 e. The van der Waals surface area contributed by atoms with Crippen LogP contribution in [-0.2, 0) is 13.1 Å². The SMILES string of the molecule is Cc1cscc1CNCc1cccc2c1OCCCO2. The Kier molecular flexibility index (Phi) is 4.23. The number of benzene rings is 1. The lowest BCUT2D eigenvalue weighted by Crippen LogP contribution is -2.13. The fourth-order valence-electron chi connectivity index (χ4n) is 2.29. The average Bonchev–Trinajstić information content (AvgIpc) is 2.73. The van der Waals surface area contributed by atoms with Gasteiger partial charge in [-0.3, -0.25) is 0 Å². The van der Waals surface area contributed by atoms with E-state index in [1.165, 1.54) is 11.1 Å². The van der Waals surface area contributed by atoms with Crippen molar-refractivity contribution in [2.24, 2.45) is 0 Å². The lowest BCUT2D eigenvalue weighted by Gasteiger charge is -2.13. The van der Waals surface area contributed by atoms with E-state index in [-0.39, 0.29) is 0 Å². The molecule has 0 radical (unpaired) electrons. The van der Waals surface area contributed by atoms with Crippen LogP contribution < -0.4 is 14.8 Å². The van der Waals surface area contributed by atoms with Crippen LogP contribution in [0.3, 0.4) is 0 Å². The first-order valence-electron chi connectivity index (χ1n) is 6.94. The van der Waals surface area contributed by atoms with Gasteiger partial charge in [-0.25, -0.2) is 0 Å². The van der Waals surface area contributed by atoms with Crippen LogP contribution in [-0.4, -0.2) is 13.2 Å². The minimum absolute atomic E-state index is 0.730. The third kappa shape index (κ3) is 2.97. The molecule has 20 heavy (non-hydrogen) atoms. The summed E-state index contributed by atoms with van der Waals surface area (Å²) in [5.74, 6) is 1.77. The van der Waals surface area contributed by atoms with Crippen LogP contribution in [0, 0.1) is 6.92 Å². The number of aryl methyl sites for hydroxylation is 1. The van der Waals surface area contributed by atoms with Crippen molar-refractivity contribution in [1.29, 1.82) is 0 Å². The molecular weight excluding hydrogens is 270 g/mol. The van der Waals surface area contributed by atoms with Crippen LogP contribution in [0.2, 0.25) is 0 Å². The van der Waals surface area contributed by atoms with Crippen molar-refractivity contribution in [1.82, 2.24) is 5.32 Å². The zero-order valence-corrected chi connectivity index (χ0v) is 12.5. The van der Waals surface area contributed by atoms with Crippen molar-refractivity contribution < 1.29 is 9.47 Å². The third-order valence-electron chi connectivity index (χ3n) is 3.45. The molecule has 0 bridgehead atoms. The Morgan fingerprint density at radius 2 is 1.95 bits per heavy atom. The van der Waals surface area contributed by atoms with Crippen LogP contribution >= 0.6 is 11.3 Å². The summed E-state index contributed by atoms with van der Waals surface area (Å²) in [6, 6.07) is 6.11. The van der Waals surface area contributed by atoms with Gasteiger partial charge in [0.2, 0.25) is 0 Å². The maximum Gasteiger partial charge on any atom is 0.165 e. The van der Waals surface area contributed by atoms with Gasteiger partial charge >= 0.3 is 0 Å². The van der Waals surface area contributed by atoms with Crippen molar-refractivity contribution in [2.45, 2.75) is 26.4 Å². The Bertz CT molecular complexity index is 580. The lowest BCUT2D eigenvalue weighted by molar-refractivity contribution is 0.296. The third-order valence-corrected chi connectivity index (χ3v) is 4.36. The lowest BCUT2D eigenvalue weighted by atomic mass is 10.1. The molecule has 0 amide bonds. The Balaban J connectivity index is 1.67. The summed E-state index contributed by atoms with van der Waals surface area (Å²) in [6.45, 7) is 5.30. The number of nitrogens with one attached hydrogen (secondary N) is 1. The summed E-state index contributed by atoms with van der Waals surface area (Å²) in [5, 5.41) is 7.87. The maximum absolute atomic E-state index is 5.83. The zero-order valence-electron chi connectivity index (χ0n) is 11.6. The van der Waals surface area contributed by atoms with E-state index in [0.717, 1.165) is 49.8 Å². The molecule has 1 aromatic heterocycles. The number of hydrogen-bond acceptors (Lipinski definition) is 4. The second-order valence-corrected chi connectivity index (χ2v) is 5.72. The number of ether oxygens (including phenoxy) is 2. The molecule has 0 saturated carbocycles. The van der Waals surface area contributed by atoms with E-state index in [4.69, 9.17) is 9.47 Å². The highest BCUT2D eigenvalue weighted by molar-refractivity contribution is 7.08. The molecule has 2 aromatic rings. The van der Waals surface area contributed by atoms with E-state index >= 15 is 0 Å². The van der Waals surface area contributed by atoms with E-state index < -0.39 is 0 Å². The minimum atomic E-state index is 0.730. The normalized spacial score (nSPS) is 14.1. The van der Waals surface area contributed by atoms with Crippen LogP contribution in [0.4, 0.5) is 0 Å². The highest BCUT2D eigenvalue weighted by Gasteiger charge is 2.14. The predicted octanol–water partition coefficient (Wildman–Crippen LogP) is 3.51. The molecule has 3 rings (SSSR count). The monoisotopic (exact) mass is 289 g/mol. The molecule has 4 heteroatoms. The van der Waals surface area contributed by atoms with Crippen LogP contribution in [0.1, 0.15) is 23.1 Å². The maximum atomic E-state index is 5.83. The number of fused-ring (bicyclic) bond motifs is 1. The van der Waals surface area contributed by atoms with Gasteiger partial charge in [0.05, 0.1) is 13.2 Å². The first kappa shape index (κ1) is 13.5. The van der Waals surface area contributed by atoms with E-state index in [2.05, 4.69) is 29.1 Å². The fourth-order valence-corrected chi connectivity index (χ4v) is 3.15. The van der Waals surface area contributed by atoms with Crippen LogP contribution in [0.25, 0.3) is 0 Å². The van der Waals surface area contributed by atoms with Gasteiger partial charge in [0, 0.05) is 25.1 Å². The Morgan fingerprint density at radius 1 is 1.10 bits per heavy atom. The standard InChI is InChI=1S/C16H19NO2S/c1-12-10-20-11-14(12)9-17-8-13-4-2-5-15-16(13)19-7-3-6-18-15/h2,4-5,10-11,17H,3,6-9H2,1H3. The highest BCUT2D eigenvalue weighted by atomic mass is 32.1. The van der Waals surface area contributed by atoms with Gasteiger partial charge in [-0.15, -0.1) is 0 Å². The summed E-state index contributed by atoms with van der Waals surface area (Å²) in [6.07, 6.45) is 0.940. The van der Waals surface area contributed by atoms with Crippen LogP contribution in [0.15, 0.2) is 29.0 Å². The van der Waals surface area contributed by atoms with Crippen molar-refractivity contribution in [3.8, 4) is 11.5 Å². The summed E-state index contributed by atoms with van der Waals surface area (Å²) >= 11 is 1.75. The first-order valence-corrected chi connectivity index (χ1v) is 7.89. The topological polar surface area (TPSA) is 30.5 Å². The van der Waals surface area contributed by atoms with Gasteiger partial charge in [0.15, 0.2) is 11.5 Å². The van der Waals surface area contributed by atoms with Crippen molar-refractivity contribution >= 4 is 11.3 Å². The zero-order chi connectivity index (χ0) is 13.8. The van der Waals surface area contributed by atoms with E-state index in [9.17, 15) is 0 Å². The molecule has 1 aromatic carbocycles. The number of rotatable bonds is 4. The first-order chi connectivity index (χ1) is 9.84. The summed E-state index contributed by atoms with van der Waals surface area (Å²) in [4.78, 5) is 0. The van der Waals surface area contributed by atoms with Gasteiger partial charge < -0.3 is 14.8 Å². The molecule has 1 aliphatic rings. The summed E-state index contributed by atoms with van der Waals surface area (Å²) < 4.78 is 11.5. The second-order valence-electron chi connectivity index (χ2n) is 4.98. The van der Waals surface area contributed by atoms with Gasteiger partial charge in [-0.2, -0.15) is 11.3 Å². The van der Waals surface area contributed by atoms with Crippen LogP contribution in [0.5, 0.6) is 11.5 Å². The molecule has 3 nitrogen and oxygen atoms in total. The molecule has 1 aliphatic heterocycles. The fraction of sp³-hybridized carbons (Fsp3) is 0.375. The van der Waals surface area contributed by atoms with Gasteiger partial charge in [0.1, 0.15) is 0 Å². The predicted molar refractivity (Wildman–Crippen MR) is 81.6 cm³/mol. The Hall–Kier alpha value is -1.52. The van der Waals surface area contributed by atoms with Gasteiger partial charge in [0.25, 0.3) is 0 Å². The number of para-hydroxylation sites is 1. The summed E-state index contributed by atoms with van der Waals surface area (Å²) in [5.41, 5.74) is 3.89. The largest absolute Gasteiger partial charge is 0.490 e. The molecule has 0 atom stereocenters. The molecule has 1 N–H and O–H groups in total. The molecule has 0 spiro atoms. The van der Waals surface area contributed by atoms with Gasteiger partial charge in [-0.05, 0) is 34.9 Å². The second kappa shape index (κ2) is 6.29. The van der Waals surface area contributed by atoms with E-state index in [1.807, 2.05) is 12.1 Å². The average molecular weight is 289 g/mol. The smallest absolute Gasteiger partial charge is 0.165 e. The van der Waals surface area contributed by atoms with Gasteiger partial charge in [-0.1, -0.05) is 12.1 Å². The van der Waals surface area contributed by atoms with Crippen molar-refractivity contribution in [3.05, 3.63) is 45.6 Å². The quantitative estimate of drug-likeness (QED) is 0.934. The van der Waals surface area contributed by atoms with Crippen molar-refractivity contribution in [2.75, 3.05) is 13.2 Å². The molecule has 106 valence electrons. The molecule has 0 unspecified atom stereocenters. The van der Waals surface area contributed by atoms with Crippen molar-refractivity contribution in [3.63, 3.8) is 0 Å². The summed E-state index contributed by atoms with van der Waals surface area (Å²) in [7, 11) is 0. The number of thiophene rings is 1. The van der Waals surface area contributed by atoms with E-state index in [1.54, 1.807) is 11.3 Å². The molecule has 0 saturated heterocycles. The molecule has 0 aliphatic carbocycles. The molecule has 0 fully saturated rings. The Morgan fingerprint density at radius 3 is 2.80 bits per heavy atom. The molecule has 2 heterocycles. The van der Waals surface area contributed by atoms with E-state index in [0.29, 0.717) is 0 Å². The number of hydrogen-bond donors (Lipinski definition) is 1. The molecular formula is C16H19NO2S. The Labute approximate surface area is 123 Å².